The number of hydrogen-bond acceptors (Lipinski definition) is 3. The highest BCUT2D eigenvalue weighted by Gasteiger charge is 2.23. The van der Waals surface area contributed by atoms with E-state index in [1.54, 1.807) is 12.1 Å². The van der Waals surface area contributed by atoms with Gasteiger partial charge in [-0.15, -0.1) is 0 Å². The van der Waals surface area contributed by atoms with E-state index >= 15 is 0 Å². The Morgan fingerprint density at radius 1 is 1.29 bits per heavy atom. The molecule has 1 aromatic carbocycles. The fourth-order valence-electron chi connectivity index (χ4n) is 2.90. The van der Waals surface area contributed by atoms with Gasteiger partial charge in [0.2, 0.25) is 0 Å². The van der Waals surface area contributed by atoms with Crippen molar-refractivity contribution < 1.29 is 18.6 Å². The molecule has 21 heavy (non-hydrogen) atoms. The molecular formula is C16H23F2NO2. The molecule has 3 nitrogen and oxygen atoms in total. The molecule has 2 rings (SSSR count). The quantitative estimate of drug-likeness (QED) is 0.810. The predicted molar refractivity (Wildman–Crippen MR) is 77.5 cm³/mol. The van der Waals surface area contributed by atoms with Crippen LogP contribution in [-0.2, 0) is 0 Å². The second-order valence-corrected chi connectivity index (χ2v) is 5.66. The first-order valence-electron chi connectivity index (χ1n) is 7.54. The van der Waals surface area contributed by atoms with Crippen LogP contribution in [0.2, 0.25) is 0 Å². The van der Waals surface area contributed by atoms with E-state index in [1.165, 1.54) is 31.4 Å². The summed E-state index contributed by atoms with van der Waals surface area (Å²) < 4.78 is 28.4. The van der Waals surface area contributed by atoms with Gasteiger partial charge >= 0.3 is 6.61 Å². The Morgan fingerprint density at radius 3 is 2.57 bits per heavy atom. The molecule has 5 heteroatoms. The molecular weight excluding hydrogens is 276 g/mol. The Labute approximate surface area is 124 Å². The third-order valence-electron chi connectivity index (χ3n) is 4.21. The number of ether oxygens (including phenoxy) is 1. The molecule has 1 saturated carbocycles. The first kappa shape index (κ1) is 16.2. The summed E-state index contributed by atoms with van der Waals surface area (Å²) in [7, 11) is 0. The van der Waals surface area contributed by atoms with E-state index in [4.69, 9.17) is 0 Å². The van der Waals surface area contributed by atoms with Gasteiger partial charge in [-0.2, -0.15) is 8.78 Å². The average molecular weight is 299 g/mol. The lowest BCUT2D eigenvalue weighted by Gasteiger charge is -2.17. The van der Waals surface area contributed by atoms with Gasteiger partial charge in [-0.1, -0.05) is 25.5 Å². The molecule has 1 fully saturated rings. The van der Waals surface area contributed by atoms with Crippen molar-refractivity contribution in [1.82, 2.24) is 5.32 Å². The molecule has 0 heterocycles. The van der Waals surface area contributed by atoms with Crippen molar-refractivity contribution in [3.63, 3.8) is 0 Å². The van der Waals surface area contributed by atoms with Crippen LogP contribution < -0.4 is 10.1 Å². The van der Waals surface area contributed by atoms with Crippen molar-refractivity contribution >= 4 is 0 Å². The van der Waals surface area contributed by atoms with Crippen LogP contribution >= 0.6 is 0 Å². The van der Waals surface area contributed by atoms with E-state index in [1.807, 2.05) is 0 Å². The Kier molecular flexibility index (Phi) is 5.94. The number of alkyl halides is 2. The van der Waals surface area contributed by atoms with Crippen LogP contribution in [0.15, 0.2) is 24.3 Å². The van der Waals surface area contributed by atoms with Gasteiger partial charge in [-0.3, -0.25) is 0 Å². The molecule has 0 aliphatic heterocycles. The molecule has 118 valence electrons. The third kappa shape index (κ3) is 4.93. The van der Waals surface area contributed by atoms with Gasteiger partial charge in [0.05, 0.1) is 6.10 Å². The highest BCUT2D eigenvalue weighted by molar-refractivity contribution is 5.28. The van der Waals surface area contributed by atoms with Crippen molar-refractivity contribution in [3.05, 3.63) is 29.8 Å². The van der Waals surface area contributed by atoms with E-state index in [9.17, 15) is 13.9 Å². The zero-order valence-electron chi connectivity index (χ0n) is 12.3. The van der Waals surface area contributed by atoms with Crippen molar-refractivity contribution in [2.45, 2.75) is 51.4 Å². The summed E-state index contributed by atoms with van der Waals surface area (Å²) in [5.74, 6) is 0.904. The van der Waals surface area contributed by atoms with Gasteiger partial charge in [0.25, 0.3) is 0 Å². The first-order valence-corrected chi connectivity index (χ1v) is 7.54. The summed E-state index contributed by atoms with van der Waals surface area (Å²) in [5, 5.41) is 13.5. The van der Waals surface area contributed by atoms with Crippen LogP contribution in [-0.4, -0.2) is 24.3 Å². The second kappa shape index (κ2) is 7.71. The summed E-state index contributed by atoms with van der Waals surface area (Å²) >= 11 is 0. The number of aliphatic hydroxyl groups excluding tert-OH is 1. The second-order valence-electron chi connectivity index (χ2n) is 5.66. The standard InChI is InChI=1S/C16H23F2NO2/c1-2-11-3-6-13(9-11)19-10-15(20)12-4-7-14(8-5-12)21-16(17)18/h4-5,7-8,11,13,15-16,19-20H,2-3,6,9-10H2,1H3. The average Bonchev–Trinajstić information content (AvgIpc) is 2.93. The zero-order valence-corrected chi connectivity index (χ0v) is 12.3. The van der Waals surface area contributed by atoms with E-state index in [2.05, 4.69) is 17.0 Å². The van der Waals surface area contributed by atoms with E-state index in [0.717, 1.165) is 12.3 Å². The smallest absolute Gasteiger partial charge is 0.387 e. The molecule has 1 aliphatic carbocycles. The Hall–Kier alpha value is -1.20. The molecule has 3 atom stereocenters. The lowest BCUT2D eigenvalue weighted by Crippen LogP contribution is -2.30. The monoisotopic (exact) mass is 299 g/mol. The predicted octanol–water partition coefficient (Wildman–Crippen LogP) is 3.49. The number of hydrogen-bond donors (Lipinski definition) is 2. The Morgan fingerprint density at radius 2 is 2.00 bits per heavy atom. The normalized spacial score (nSPS) is 23.5. The molecule has 0 radical (unpaired) electrons. The molecule has 0 aromatic heterocycles. The number of aliphatic hydroxyl groups is 1. The molecule has 2 N–H and O–H groups in total. The number of rotatable bonds is 7. The maximum atomic E-state index is 12.1. The minimum Gasteiger partial charge on any atom is -0.435 e. The number of benzene rings is 1. The van der Waals surface area contributed by atoms with Crippen molar-refractivity contribution in [1.29, 1.82) is 0 Å². The largest absolute Gasteiger partial charge is 0.435 e. The fourth-order valence-corrected chi connectivity index (χ4v) is 2.90. The van der Waals surface area contributed by atoms with E-state index in [-0.39, 0.29) is 5.75 Å². The van der Waals surface area contributed by atoms with Crippen molar-refractivity contribution in [2.24, 2.45) is 5.92 Å². The first-order chi connectivity index (χ1) is 10.1. The summed E-state index contributed by atoms with van der Waals surface area (Å²) in [5.41, 5.74) is 0.703. The maximum absolute atomic E-state index is 12.1. The van der Waals surface area contributed by atoms with Gasteiger partial charge in [-0.25, -0.2) is 0 Å². The molecule has 3 unspecified atom stereocenters. The highest BCUT2D eigenvalue weighted by atomic mass is 19.3. The maximum Gasteiger partial charge on any atom is 0.387 e. The lowest BCUT2D eigenvalue weighted by atomic mass is 10.1. The topological polar surface area (TPSA) is 41.5 Å². The Bertz CT molecular complexity index is 425. The third-order valence-corrected chi connectivity index (χ3v) is 4.21. The molecule has 1 aliphatic rings. The van der Waals surface area contributed by atoms with Gasteiger partial charge in [0.1, 0.15) is 5.75 Å². The van der Waals surface area contributed by atoms with E-state index < -0.39 is 12.7 Å². The van der Waals surface area contributed by atoms with Crippen LogP contribution in [0.4, 0.5) is 8.78 Å². The minimum absolute atomic E-state index is 0.107. The van der Waals surface area contributed by atoms with Crippen molar-refractivity contribution in [3.8, 4) is 5.75 Å². The van der Waals surface area contributed by atoms with Crippen molar-refractivity contribution in [2.75, 3.05) is 6.54 Å². The summed E-state index contributed by atoms with van der Waals surface area (Å²) in [6.07, 6.45) is 4.17. The Balaban J connectivity index is 1.79. The summed E-state index contributed by atoms with van der Waals surface area (Å²) in [4.78, 5) is 0. The van der Waals surface area contributed by atoms with E-state index in [0.29, 0.717) is 18.2 Å². The SMILES string of the molecule is CCC1CCC(NCC(O)c2ccc(OC(F)F)cc2)C1. The summed E-state index contributed by atoms with van der Waals surface area (Å²) in [6.45, 7) is -0.127. The number of halogens is 2. The lowest BCUT2D eigenvalue weighted by molar-refractivity contribution is -0.0498. The van der Waals surface area contributed by atoms with Gasteiger partial charge < -0.3 is 15.2 Å². The summed E-state index contributed by atoms with van der Waals surface area (Å²) in [6, 6.07) is 6.62. The van der Waals surface area contributed by atoms with Gasteiger partial charge in [0.15, 0.2) is 0 Å². The molecule has 0 bridgehead atoms. The zero-order chi connectivity index (χ0) is 15.2. The minimum atomic E-state index is -2.82. The molecule has 0 spiro atoms. The van der Waals surface area contributed by atoms with Crippen LogP contribution in [0.3, 0.4) is 0 Å². The molecule has 0 saturated heterocycles. The van der Waals surface area contributed by atoms with Crippen LogP contribution in [0, 0.1) is 5.92 Å². The fraction of sp³-hybridized carbons (Fsp3) is 0.625. The van der Waals surface area contributed by atoms with Gasteiger partial charge in [-0.05, 0) is 42.9 Å². The number of nitrogens with one attached hydrogen (secondary N) is 1. The van der Waals surface area contributed by atoms with Gasteiger partial charge in [0, 0.05) is 12.6 Å². The van der Waals surface area contributed by atoms with Crippen LogP contribution in [0.25, 0.3) is 0 Å². The van der Waals surface area contributed by atoms with Crippen LogP contribution in [0.1, 0.15) is 44.3 Å². The molecule has 1 aromatic rings. The molecule has 0 amide bonds. The van der Waals surface area contributed by atoms with Crippen LogP contribution in [0.5, 0.6) is 5.75 Å². The highest BCUT2D eigenvalue weighted by Crippen LogP contribution is 2.28.